The van der Waals surface area contributed by atoms with E-state index < -0.39 is 23.4 Å². The van der Waals surface area contributed by atoms with E-state index in [1.165, 1.54) is 0 Å². The molecule has 0 saturated heterocycles. The van der Waals surface area contributed by atoms with Crippen LogP contribution in [0, 0.1) is 17.5 Å². The Morgan fingerprint density at radius 1 is 1.08 bits per heavy atom. The predicted octanol–water partition coefficient (Wildman–Crippen LogP) is 3.50. The Bertz CT molecular complexity index is 953. The molecule has 3 rings (SSSR count). The van der Waals surface area contributed by atoms with E-state index in [2.05, 4.69) is 10.3 Å². The molecule has 7 heteroatoms. The Labute approximate surface area is 148 Å². The van der Waals surface area contributed by atoms with Gasteiger partial charge in [-0.15, -0.1) is 0 Å². The van der Waals surface area contributed by atoms with E-state index in [1.54, 1.807) is 7.11 Å². The molecule has 2 aromatic carbocycles. The first-order valence-corrected chi connectivity index (χ1v) is 8.02. The van der Waals surface area contributed by atoms with E-state index >= 15 is 0 Å². The van der Waals surface area contributed by atoms with Crippen molar-refractivity contribution in [1.82, 2.24) is 10.3 Å². The Hall–Kier alpha value is -2.96. The van der Waals surface area contributed by atoms with Crippen molar-refractivity contribution in [1.29, 1.82) is 0 Å². The SMILES string of the molecule is COc1ccc2[nH]cc(CCNC(=O)Cc3cc(F)c(F)cc3F)c2c1. The zero-order valence-electron chi connectivity index (χ0n) is 14.0. The van der Waals surface area contributed by atoms with Crippen molar-refractivity contribution in [2.75, 3.05) is 13.7 Å². The number of H-pyrrole nitrogens is 1. The second kappa shape index (κ2) is 7.51. The summed E-state index contributed by atoms with van der Waals surface area (Å²) in [6.07, 6.45) is 2.05. The van der Waals surface area contributed by atoms with Crippen LogP contribution in [-0.2, 0) is 17.6 Å². The van der Waals surface area contributed by atoms with Crippen molar-refractivity contribution in [3.8, 4) is 5.75 Å². The minimum absolute atomic E-state index is 0.182. The lowest BCUT2D eigenvalue weighted by Gasteiger charge is -2.07. The van der Waals surface area contributed by atoms with Gasteiger partial charge in [0.05, 0.1) is 13.5 Å². The highest BCUT2D eigenvalue weighted by Gasteiger charge is 2.13. The van der Waals surface area contributed by atoms with E-state index in [0.29, 0.717) is 25.1 Å². The molecule has 1 aromatic heterocycles. The molecule has 0 aliphatic heterocycles. The fourth-order valence-corrected chi connectivity index (χ4v) is 2.76. The Morgan fingerprint density at radius 2 is 1.85 bits per heavy atom. The zero-order valence-corrected chi connectivity index (χ0v) is 14.0. The molecule has 0 radical (unpaired) electrons. The fraction of sp³-hybridized carbons (Fsp3) is 0.211. The number of hydrogen-bond acceptors (Lipinski definition) is 2. The first kappa shape index (κ1) is 17.8. The topological polar surface area (TPSA) is 54.1 Å². The molecule has 1 heterocycles. The summed E-state index contributed by atoms with van der Waals surface area (Å²) in [5.74, 6) is -3.13. The monoisotopic (exact) mass is 362 g/mol. The Morgan fingerprint density at radius 3 is 2.62 bits per heavy atom. The third-order valence-electron chi connectivity index (χ3n) is 4.13. The van der Waals surface area contributed by atoms with Crippen molar-refractivity contribution in [2.24, 2.45) is 0 Å². The number of amides is 1. The molecule has 0 bridgehead atoms. The number of aromatic amines is 1. The second-order valence-electron chi connectivity index (χ2n) is 5.86. The van der Waals surface area contributed by atoms with Gasteiger partial charge in [-0.1, -0.05) is 0 Å². The third kappa shape index (κ3) is 3.82. The van der Waals surface area contributed by atoms with Crippen LogP contribution in [0.5, 0.6) is 5.75 Å². The normalized spacial score (nSPS) is 10.9. The van der Waals surface area contributed by atoms with Gasteiger partial charge < -0.3 is 15.0 Å². The number of nitrogens with one attached hydrogen (secondary N) is 2. The van der Waals surface area contributed by atoms with Crippen molar-refractivity contribution in [3.05, 3.63) is 65.1 Å². The maximum absolute atomic E-state index is 13.6. The summed E-state index contributed by atoms with van der Waals surface area (Å²) in [7, 11) is 1.59. The molecule has 0 aliphatic rings. The number of benzene rings is 2. The van der Waals surface area contributed by atoms with Gasteiger partial charge in [0.25, 0.3) is 0 Å². The molecular formula is C19H17F3N2O2. The van der Waals surface area contributed by atoms with Crippen molar-refractivity contribution < 1.29 is 22.7 Å². The van der Waals surface area contributed by atoms with E-state index in [1.807, 2.05) is 24.4 Å². The first-order valence-electron chi connectivity index (χ1n) is 8.02. The minimum atomic E-state index is -1.28. The highest BCUT2D eigenvalue weighted by molar-refractivity contribution is 5.84. The van der Waals surface area contributed by atoms with Crippen LogP contribution >= 0.6 is 0 Å². The minimum Gasteiger partial charge on any atom is -0.497 e. The first-order chi connectivity index (χ1) is 12.5. The van der Waals surface area contributed by atoms with Gasteiger partial charge in [0, 0.05) is 35.3 Å². The van der Waals surface area contributed by atoms with Crippen LogP contribution in [0.25, 0.3) is 10.9 Å². The lowest BCUT2D eigenvalue weighted by Crippen LogP contribution is -2.27. The number of rotatable bonds is 6. The van der Waals surface area contributed by atoms with Crippen LogP contribution in [0.2, 0.25) is 0 Å². The molecular weight excluding hydrogens is 345 g/mol. The van der Waals surface area contributed by atoms with Crippen LogP contribution in [0.3, 0.4) is 0 Å². The number of hydrogen-bond donors (Lipinski definition) is 2. The Balaban J connectivity index is 1.60. The molecule has 0 unspecified atom stereocenters. The smallest absolute Gasteiger partial charge is 0.224 e. The van der Waals surface area contributed by atoms with Crippen LogP contribution in [0.4, 0.5) is 13.2 Å². The molecule has 0 aliphatic carbocycles. The van der Waals surface area contributed by atoms with Gasteiger partial charge in [-0.2, -0.15) is 0 Å². The van der Waals surface area contributed by atoms with E-state index in [0.717, 1.165) is 22.2 Å². The molecule has 0 fully saturated rings. The molecule has 2 N–H and O–H groups in total. The van der Waals surface area contributed by atoms with Gasteiger partial charge in [-0.25, -0.2) is 13.2 Å². The quantitative estimate of drug-likeness (QED) is 0.660. The fourth-order valence-electron chi connectivity index (χ4n) is 2.76. The van der Waals surface area contributed by atoms with Gasteiger partial charge in [-0.3, -0.25) is 4.79 Å². The van der Waals surface area contributed by atoms with Gasteiger partial charge in [-0.05, 0) is 36.2 Å². The molecule has 4 nitrogen and oxygen atoms in total. The number of carbonyl (C=O) groups is 1. The maximum atomic E-state index is 13.6. The maximum Gasteiger partial charge on any atom is 0.224 e. The molecule has 0 saturated carbocycles. The summed E-state index contributed by atoms with van der Waals surface area (Å²) < 4.78 is 44.9. The van der Waals surface area contributed by atoms with Crippen LogP contribution in [0.15, 0.2) is 36.5 Å². The number of carbonyl (C=O) groups excluding carboxylic acids is 1. The van der Waals surface area contributed by atoms with Gasteiger partial charge >= 0.3 is 0 Å². The van der Waals surface area contributed by atoms with E-state index in [-0.39, 0.29) is 12.0 Å². The van der Waals surface area contributed by atoms with Gasteiger partial charge in [0.15, 0.2) is 11.6 Å². The summed E-state index contributed by atoms with van der Waals surface area (Å²) in [5.41, 5.74) is 1.77. The average Bonchev–Trinajstić information content (AvgIpc) is 3.02. The number of halogens is 3. The summed E-state index contributed by atoms with van der Waals surface area (Å²) in [4.78, 5) is 15.1. The van der Waals surface area contributed by atoms with E-state index in [4.69, 9.17) is 4.74 Å². The number of ether oxygens (including phenoxy) is 1. The highest BCUT2D eigenvalue weighted by atomic mass is 19.2. The highest BCUT2D eigenvalue weighted by Crippen LogP contribution is 2.23. The van der Waals surface area contributed by atoms with Crippen LogP contribution < -0.4 is 10.1 Å². The van der Waals surface area contributed by atoms with E-state index in [9.17, 15) is 18.0 Å². The third-order valence-corrected chi connectivity index (χ3v) is 4.13. The van der Waals surface area contributed by atoms with Gasteiger partial charge in [0.1, 0.15) is 11.6 Å². The summed E-state index contributed by atoms with van der Waals surface area (Å²) in [5, 5.41) is 3.65. The van der Waals surface area contributed by atoms with Crippen molar-refractivity contribution >= 4 is 16.8 Å². The summed E-state index contributed by atoms with van der Waals surface area (Å²) in [6.45, 7) is 0.328. The summed E-state index contributed by atoms with van der Waals surface area (Å²) in [6, 6.07) is 6.80. The van der Waals surface area contributed by atoms with Crippen LogP contribution in [0.1, 0.15) is 11.1 Å². The number of aromatic nitrogens is 1. The zero-order chi connectivity index (χ0) is 18.7. The number of methoxy groups -OCH3 is 1. The Kier molecular flexibility index (Phi) is 5.16. The van der Waals surface area contributed by atoms with Crippen LogP contribution in [-0.4, -0.2) is 24.5 Å². The summed E-state index contributed by atoms with van der Waals surface area (Å²) >= 11 is 0. The largest absolute Gasteiger partial charge is 0.497 e. The standard InChI is InChI=1S/C19H17F3N2O2/c1-26-13-2-3-18-14(8-13)11(10-24-18)4-5-23-19(25)7-12-6-16(21)17(22)9-15(12)20/h2-3,6,8-10,24H,4-5,7H2,1H3,(H,23,25). The predicted molar refractivity (Wildman–Crippen MR) is 91.6 cm³/mol. The molecule has 0 spiro atoms. The molecule has 26 heavy (non-hydrogen) atoms. The van der Waals surface area contributed by atoms with Crippen molar-refractivity contribution in [2.45, 2.75) is 12.8 Å². The second-order valence-corrected chi connectivity index (χ2v) is 5.86. The lowest BCUT2D eigenvalue weighted by atomic mass is 10.1. The lowest BCUT2D eigenvalue weighted by molar-refractivity contribution is -0.120. The molecule has 1 amide bonds. The van der Waals surface area contributed by atoms with Crippen molar-refractivity contribution in [3.63, 3.8) is 0 Å². The molecule has 3 aromatic rings. The molecule has 0 atom stereocenters. The van der Waals surface area contributed by atoms with Gasteiger partial charge in [0.2, 0.25) is 5.91 Å². The average molecular weight is 362 g/mol. The molecule has 136 valence electrons. The number of fused-ring (bicyclic) bond motifs is 1.